The number of amides is 1. The van der Waals surface area contributed by atoms with Crippen molar-refractivity contribution in [1.29, 1.82) is 0 Å². The number of carbonyl (C=O) groups is 1. The zero-order valence-electron chi connectivity index (χ0n) is 14.7. The van der Waals surface area contributed by atoms with Crippen LogP contribution in [0.5, 0.6) is 0 Å². The Morgan fingerprint density at radius 3 is 2.77 bits per heavy atom. The summed E-state index contributed by atoms with van der Waals surface area (Å²) in [7, 11) is 0. The number of anilines is 1. The molecule has 0 unspecified atom stereocenters. The van der Waals surface area contributed by atoms with Crippen molar-refractivity contribution in [2.75, 3.05) is 11.4 Å². The van der Waals surface area contributed by atoms with Crippen molar-refractivity contribution >= 4 is 38.4 Å². The second-order valence-electron chi connectivity index (χ2n) is 6.51. The Balaban J connectivity index is 1.77. The highest BCUT2D eigenvalue weighted by atomic mass is 32.1. The average Bonchev–Trinajstić information content (AvgIpc) is 3.23. The minimum atomic E-state index is -0.261. The summed E-state index contributed by atoms with van der Waals surface area (Å²) >= 11 is 1.50. The number of carbonyl (C=O) groups excluding carboxylic acids is 1. The molecule has 4 aromatic rings. The smallest absolute Gasteiger partial charge is 0.281 e. The van der Waals surface area contributed by atoms with E-state index in [9.17, 15) is 4.79 Å². The highest BCUT2D eigenvalue weighted by molar-refractivity contribution is 7.22. The molecule has 0 aliphatic rings. The van der Waals surface area contributed by atoms with Crippen LogP contribution >= 0.6 is 11.3 Å². The predicted octanol–water partition coefficient (Wildman–Crippen LogP) is 3.35. The van der Waals surface area contributed by atoms with Crippen molar-refractivity contribution in [1.82, 2.24) is 24.6 Å². The minimum Gasteiger partial charge on any atom is -0.281 e. The Morgan fingerprint density at radius 1 is 1.23 bits per heavy atom. The van der Waals surface area contributed by atoms with Crippen LogP contribution in [0, 0.1) is 12.8 Å². The van der Waals surface area contributed by atoms with Crippen LogP contribution in [0.25, 0.3) is 16.0 Å². The summed E-state index contributed by atoms with van der Waals surface area (Å²) in [4.78, 5) is 27.9. The van der Waals surface area contributed by atoms with Crippen molar-refractivity contribution < 1.29 is 4.79 Å². The Bertz CT molecular complexity index is 1070. The maximum Gasteiger partial charge on any atom is 0.299 e. The lowest BCUT2D eigenvalue weighted by Crippen LogP contribution is -2.35. The third-order valence-corrected chi connectivity index (χ3v) is 4.99. The van der Waals surface area contributed by atoms with Gasteiger partial charge in [-0.1, -0.05) is 37.3 Å². The molecule has 0 spiro atoms. The quantitative estimate of drug-likeness (QED) is 0.554. The van der Waals surface area contributed by atoms with E-state index in [0.717, 1.165) is 15.9 Å². The number of hydrogen-bond acceptors (Lipinski definition) is 6. The molecule has 0 radical (unpaired) electrons. The van der Waals surface area contributed by atoms with E-state index in [1.807, 2.05) is 37.3 Å². The average molecular weight is 366 g/mol. The largest absolute Gasteiger partial charge is 0.299 e. The van der Waals surface area contributed by atoms with Gasteiger partial charge >= 0.3 is 0 Å². The molecular weight excluding hydrogens is 348 g/mol. The maximum atomic E-state index is 13.2. The fourth-order valence-corrected chi connectivity index (χ4v) is 3.68. The van der Waals surface area contributed by atoms with E-state index in [1.54, 1.807) is 15.6 Å². The molecule has 4 rings (SSSR count). The van der Waals surface area contributed by atoms with Crippen molar-refractivity contribution in [2.24, 2.45) is 5.92 Å². The zero-order valence-corrected chi connectivity index (χ0v) is 15.6. The van der Waals surface area contributed by atoms with Gasteiger partial charge in [-0.05, 0) is 31.0 Å². The highest BCUT2D eigenvalue weighted by Crippen LogP contribution is 2.29. The van der Waals surface area contributed by atoms with E-state index in [0.29, 0.717) is 17.5 Å². The summed E-state index contributed by atoms with van der Waals surface area (Å²) in [6.45, 7) is 6.57. The van der Waals surface area contributed by atoms with Gasteiger partial charge in [0.05, 0.1) is 10.2 Å². The van der Waals surface area contributed by atoms with Gasteiger partial charge in [0.1, 0.15) is 0 Å². The molecule has 26 heavy (non-hydrogen) atoms. The van der Waals surface area contributed by atoms with E-state index < -0.39 is 0 Å². The normalized spacial score (nSPS) is 11.5. The second kappa shape index (κ2) is 6.45. The highest BCUT2D eigenvalue weighted by Gasteiger charge is 2.26. The van der Waals surface area contributed by atoms with Crippen LogP contribution in [0.15, 0.2) is 36.5 Å². The molecule has 0 aliphatic heterocycles. The van der Waals surface area contributed by atoms with E-state index >= 15 is 0 Å². The molecule has 0 bridgehead atoms. The molecule has 8 heteroatoms. The van der Waals surface area contributed by atoms with Gasteiger partial charge in [-0.2, -0.15) is 4.98 Å². The first-order valence-corrected chi connectivity index (χ1v) is 9.20. The van der Waals surface area contributed by atoms with Gasteiger partial charge in [0.2, 0.25) is 5.82 Å². The third-order valence-electron chi connectivity index (χ3n) is 3.93. The summed E-state index contributed by atoms with van der Waals surface area (Å²) in [5.41, 5.74) is 1.76. The molecule has 1 amide bonds. The van der Waals surface area contributed by atoms with Gasteiger partial charge in [0.15, 0.2) is 5.13 Å². The fourth-order valence-electron chi connectivity index (χ4n) is 2.71. The molecule has 1 aromatic carbocycles. The van der Waals surface area contributed by atoms with Gasteiger partial charge < -0.3 is 0 Å². The Kier molecular flexibility index (Phi) is 4.12. The van der Waals surface area contributed by atoms with Crippen molar-refractivity contribution in [2.45, 2.75) is 20.8 Å². The van der Waals surface area contributed by atoms with Crippen LogP contribution in [0.3, 0.4) is 0 Å². The van der Waals surface area contributed by atoms with Gasteiger partial charge in [0, 0.05) is 18.4 Å². The molecule has 0 saturated carbocycles. The van der Waals surface area contributed by atoms with E-state index in [-0.39, 0.29) is 17.6 Å². The maximum absolute atomic E-state index is 13.2. The summed E-state index contributed by atoms with van der Waals surface area (Å²) < 4.78 is 2.63. The number of thiazole rings is 1. The van der Waals surface area contributed by atoms with Crippen molar-refractivity contribution in [3.63, 3.8) is 0 Å². The molecule has 0 fully saturated rings. The first kappa shape index (κ1) is 16.6. The topological polar surface area (TPSA) is 76.3 Å². The third kappa shape index (κ3) is 2.92. The number of benzene rings is 1. The van der Waals surface area contributed by atoms with Crippen LogP contribution in [0.1, 0.15) is 30.2 Å². The SMILES string of the molecule is Cc1ccnc2nc(C(=O)N(CC(C)C)c3nc4ccccc4s3)nn12. The summed E-state index contributed by atoms with van der Waals surface area (Å²) in [6.07, 6.45) is 1.66. The molecule has 132 valence electrons. The van der Waals surface area contributed by atoms with Gasteiger partial charge in [-0.3, -0.25) is 9.69 Å². The molecule has 7 nitrogen and oxygen atoms in total. The lowest BCUT2D eigenvalue weighted by atomic mass is 10.2. The van der Waals surface area contributed by atoms with Crippen LogP contribution < -0.4 is 4.90 Å². The van der Waals surface area contributed by atoms with E-state index in [1.165, 1.54) is 11.3 Å². The molecule has 3 aromatic heterocycles. The first-order chi connectivity index (χ1) is 12.5. The van der Waals surface area contributed by atoms with Crippen LogP contribution in [0.2, 0.25) is 0 Å². The number of para-hydroxylation sites is 1. The van der Waals surface area contributed by atoms with Gasteiger partial charge in [-0.25, -0.2) is 14.5 Å². The monoisotopic (exact) mass is 366 g/mol. The molecule has 0 atom stereocenters. The lowest BCUT2D eigenvalue weighted by Gasteiger charge is -2.20. The zero-order chi connectivity index (χ0) is 18.3. The minimum absolute atomic E-state index is 0.131. The molecule has 0 saturated heterocycles. The summed E-state index contributed by atoms with van der Waals surface area (Å²) in [5, 5.41) is 5.01. The summed E-state index contributed by atoms with van der Waals surface area (Å²) in [6, 6.07) is 9.69. The molecule has 0 N–H and O–H groups in total. The standard InChI is InChI=1S/C18H18N6OS/c1-11(2)10-23(18-20-13-6-4-5-7-14(13)26-18)16(25)15-21-17-19-9-8-12(3)24(17)22-15/h4-9,11H,10H2,1-3H3. The van der Waals surface area contributed by atoms with Crippen LogP contribution in [0.4, 0.5) is 5.13 Å². The van der Waals surface area contributed by atoms with Gasteiger partial charge in [-0.15, -0.1) is 5.10 Å². The first-order valence-electron chi connectivity index (χ1n) is 8.39. The Morgan fingerprint density at radius 2 is 2.04 bits per heavy atom. The molecular formula is C18H18N6OS. The predicted molar refractivity (Wildman–Crippen MR) is 102 cm³/mol. The Hall–Kier alpha value is -2.87. The van der Waals surface area contributed by atoms with Crippen molar-refractivity contribution in [3.05, 3.63) is 48.0 Å². The molecule has 0 aliphatic carbocycles. The number of nitrogens with zero attached hydrogens (tertiary/aromatic N) is 6. The van der Waals surface area contributed by atoms with Crippen LogP contribution in [-0.4, -0.2) is 37.0 Å². The Labute approximate surface area is 154 Å². The van der Waals surface area contributed by atoms with Gasteiger partial charge in [0.25, 0.3) is 11.7 Å². The molecule has 3 heterocycles. The summed E-state index contributed by atoms with van der Waals surface area (Å²) in [5.74, 6) is 0.569. The van der Waals surface area contributed by atoms with Crippen LogP contribution in [-0.2, 0) is 0 Å². The number of fused-ring (bicyclic) bond motifs is 2. The fraction of sp³-hybridized carbons (Fsp3) is 0.278. The van der Waals surface area contributed by atoms with Crippen molar-refractivity contribution in [3.8, 4) is 0 Å². The van der Waals surface area contributed by atoms with E-state index in [2.05, 4.69) is 33.9 Å². The number of rotatable bonds is 4. The van der Waals surface area contributed by atoms with E-state index in [4.69, 9.17) is 0 Å². The second-order valence-corrected chi connectivity index (χ2v) is 7.52. The number of aromatic nitrogens is 5. The number of hydrogen-bond donors (Lipinski definition) is 0. The number of aryl methyl sites for hydroxylation is 1. The lowest BCUT2D eigenvalue weighted by molar-refractivity contribution is 0.0974.